The lowest BCUT2D eigenvalue weighted by atomic mass is 10.1. The Labute approximate surface area is 191 Å². The average molecular weight is 451 g/mol. The van der Waals surface area contributed by atoms with Crippen LogP contribution >= 0.6 is 11.3 Å². The molecular formula is C25H26N2O4S. The fourth-order valence-corrected chi connectivity index (χ4v) is 4.99. The number of carbonyl (C=O) groups is 2. The third kappa shape index (κ3) is 4.75. The minimum atomic E-state index is -0.250. The van der Waals surface area contributed by atoms with Crippen molar-refractivity contribution in [1.29, 1.82) is 0 Å². The Kier molecular flexibility index (Phi) is 6.99. The Morgan fingerprint density at radius 3 is 2.56 bits per heavy atom. The molecule has 0 bridgehead atoms. The topological polar surface area (TPSA) is 67.9 Å². The first-order chi connectivity index (χ1) is 15.6. The molecule has 3 aromatic rings. The number of anilines is 1. The molecule has 1 fully saturated rings. The third-order valence-electron chi connectivity index (χ3n) is 5.42. The van der Waals surface area contributed by atoms with Gasteiger partial charge in [-0.15, -0.1) is 11.3 Å². The number of rotatable bonds is 6. The molecule has 32 heavy (non-hydrogen) atoms. The molecule has 0 unspecified atom stereocenters. The Morgan fingerprint density at radius 2 is 1.84 bits per heavy atom. The molecule has 0 spiro atoms. The number of carbonyl (C=O) groups excluding carboxylic acids is 2. The highest BCUT2D eigenvalue weighted by molar-refractivity contribution is 7.20. The zero-order valence-corrected chi connectivity index (χ0v) is 19.0. The van der Waals surface area contributed by atoms with Gasteiger partial charge in [0.15, 0.2) is 0 Å². The number of methoxy groups -OCH3 is 1. The molecule has 0 saturated carbocycles. The molecular weight excluding hydrogens is 424 g/mol. The van der Waals surface area contributed by atoms with Gasteiger partial charge < -0.3 is 19.7 Å². The van der Waals surface area contributed by atoms with E-state index in [4.69, 9.17) is 9.47 Å². The molecule has 2 heterocycles. The second kappa shape index (κ2) is 10.1. The van der Waals surface area contributed by atoms with E-state index in [0.29, 0.717) is 49.0 Å². The molecule has 2 aromatic carbocycles. The molecule has 6 nitrogen and oxygen atoms in total. The molecule has 2 amide bonds. The molecule has 1 saturated heterocycles. The number of benzene rings is 2. The van der Waals surface area contributed by atoms with Crippen molar-refractivity contribution in [3.05, 3.63) is 76.9 Å². The average Bonchev–Trinajstić information content (AvgIpc) is 3.15. The van der Waals surface area contributed by atoms with Crippen LogP contribution in [0.15, 0.2) is 54.6 Å². The van der Waals surface area contributed by atoms with E-state index >= 15 is 0 Å². The second-order valence-corrected chi connectivity index (χ2v) is 8.64. The molecule has 0 radical (unpaired) electrons. The smallest absolute Gasteiger partial charge is 0.257 e. The van der Waals surface area contributed by atoms with E-state index in [9.17, 15) is 9.59 Å². The first kappa shape index (κ1) is 22.2. The maximum absolute atomic E-state index is 13.5. The van der Waals surface area contributed by atoms with Gasteiger partial charge in [-0.1, -0.05) is 42.5 Å². The SMILES string of the molecule is COCc1cccc(C(=O)Nc2sc(-c3ccccc3)c(C)c2C(=O)N2CCOCC2)c1. The van der Waals surface area contributed by atoms with Crippen LogP contribution < -0.4 is 5.32 Å². The van der Waals surface area contributed by atoms with E-state index in [0.717, 1.165) is 21.6 Å². The van der Waals surface area contributed by atoms with Gasteiger partial charge in [0.1, 0.15) is 5.00 Å². The van der Waals surface area contributed by atoms with E-state index in [1.54, 1.807) is 24.1 Å². The van der Waals surface area contributed by atoms with E-state index in [2.05, 4.69) is 5.32 Å². The van der Waals surface area contributed by atoms with Gasteiger partial charge in [-0.25, -0.2) is 0 Å². The summed E-state index contributed by atoms with van der Waals surface area (Å²) >= 11 is 1.43. The minimum Gasteiger partial charge on any atom is -0.380 e. The van der Waals surface area contributed by atoms with Gasteiger partial charge in [-0.2, -0.15) is 0 Å². The highest BCUT2D eigenvalue weighted by Crippen LogP contribution is 2.40. The van der Waals surface area contributed by atoms with Gasteiger partial charge in [0.05, 0.1) is 25.4 Å². The normalized spacial score (nSPS) is 13.8. The summed E-state index contributed by atoms with van der Waals surface area (Å²) in [6.45, 7) is 4.50. The molecule has 1 N–H and O–H groups in total. The van der Waals surface area contributed by atoms with E-state index in [1.807, 2.05) is 49.4 Å². The Bertz CT molecular complexity index is 1100. The van der Waals surface area contributed by atoms with Gasteiger partial charge in [-0.05, 0) is 35.7 Å². The number of hydrogen-bond acceptors (Lipinski definition) is 5. The highest BCUT2D eigenvalue weighted by Gasteiger charge is 2.28. The molecule has 0 aliphatic carbocycles. The molecule has 166 valence electrons. The molecule has 0 atom stereocenters. The predicted molar refractivity (Wildman–Crippen MR) is 126 cm³/mol. The maximum Gasteiger partial charge on any atom is 0.257 e. The second-order valence-electron chi connectivity index (χ2n) is 7.62. The lowest BCUT2D eigenvalue weighted by Crippen LogP contribution is -2.41. The molecule has 4 rings (SSSR count). The molecule has 1 aliphatic rings. The fourth-order valence-electron chi connectivity index (χ4n) is 3.79. The van der Waals surface area contributed by atoms with Crippen molar-refractivity contribution in [3.63, 3.8) is 0 Å². The van der Waals surface area contributed by atoms with Gasteiger partial charge in [-0.3, -0.25) is 9.59 Å². The lowest BCUT2D eigenvalue weighted by molar-refractivity contribution is 0.0303. The van der Waals surface area contributed by atoms with Crippen molar-refractivity contribution in [2.75, 3.05) is 38.7 Å². The first-order valence-electron chi connectivity index (χ1n) is 10.5. The van der Waals surface area contributed by atoms with Crippen LogP contribution in [0.5, 0.6) is 0 Å². The minimum absolute atomic E-state index is 0.0762. The van der Waals surface area contributed by atoms with Crippen LogP contribution in [0.3, 0.4) is 0 Å². The van der Waals surface area contributed by atoms with Crippen LogP contribution in [0.1, 0.15) is 31.8 Å². The van der Waals surface area contributed by atoms with Crippen molar-refractivity contribution in [3.8, 4) is 10.4 Å². The van der Waals surface area contributed by atoms with E-state index in [1.165, 1.54) is 11.3 Å². The summed E-state index contributed by atoms with van der Waals surface area (Å²) in [5.74, 6) is -0.326. The van der Waals surface area contributed by atoms with E-state index in [-0.39, 0.29) is 11.8 Å². The van der Waals surface area contributed by atoms with Gasteiger partial charge in [0, 0.05) is 30.6 Å². The standard InChI is InChI=1S/C25H26N2O4S/c1-17-21(25(29)27-11-13-31-14-12-27)24(32-22(17)19-8-4-3-5-9-19)26-23(28)20-10-6-7-18(15-20)16-30-2/h3-10,15H,11-14,16H2,1-2H3,(H,26,28). The first-order valence-corrected chi connectivity index (χ1v) is 11.3. The predicted octanol–water partition coefficient (Wildman–Crippen LogP) is 4.59. The van der Waals surface area contributed by atoms with Gasteiger partial charge in [0.25, 0.3) is 11.8 Å². The van der Waals surface area contributed by atoms with Gasteiger partial charge in [0.2, 0.25) is 0 Å². The van der Waals surface area contributed by atoms with E-state index < -0.39 is 0 Å². The van der Waals surface area contributed by atoms with Crippen LogP contribution in [0.2, 0.25) is 0 Å². The van der Waals surface area contributed by atoms with Crippen LogP contribution in [-0.4, -0.2) is 50.1 Å². The van der Waals surface area contributed by atoms with Crippen molar-refractivity contribution in [2.45, 2.75) is 13.5 Å². The summed E-state index contributed by atoms with van der Waals surface area (Å²) < 4.78 is 10.6. The third-order valence-corrected chi connectivity index (χ3v) is 6.68. The van der Waals surface area contributed by atoms with Crippen LogP contribution in [-0.2, 0) is 16.1 Å². The van der Waals surface area contributed by atoms with Crippen molar-refractivity contribution >= 4 is 28.2 Å². The summed E-state index contributed by atoms with van der Waals surface area (Å²) in [6.07, 6.45) is 0. The zero-order chi connectivity index (χ0) is 22.5. The fraction of sp³-hybridized carbons (Fsp3) is 0.280. The summed E-state index contributed by atoms with van der Waals surface area (Å²) in [5.41, 5.74) is 3.89. The summed E-state index contributed by atoms with van der Waals surface area (Å²) in [7, 11) is 1.62. The number of hydrogen-bond donors (Lipinski definition) is 1. The van der Waals surface area contributed by atoms with Crippen molar-refractivity contribution < 1.29 is 19.1 Å². The number of thiophene rings is 1. The Balaban J connectivity index is 1.70. The van der Waals surface area contributed by atoms with Crippen LogP contribution in [0.25, 0.3) is 10.4 Å². The molecule has 7 heteroatoms. The highest BCUT2D eigenvalue weighted by atomic mass is 32.1. The summed E-state index contributed by atoms with van der Waals surface area (Å²) in [4.78, 5) is 29.3. The van der Waals surface area contributed by atoms with Crippen molar-refractivity contribution in [2.24, 2.45) is 0 Å². The number of amides is 2. The zero-order valence-electron chi connectivity index (χ0n) is 18.2. The summed E-state index contributed by atoms with van der Waals surface area (Å²) in [6, 6.07) is 17.2. The maximum atomic E-state index is 13.5. The van der Waals surface area contributed by atoms with Crippen molar-refractivity contribution in [1.82, 2.24) is 4.90 Å². The lowest BCUT2D eigenvalue weighted by Gasteiger charge is -2.27. The number of ether oxygens (including phenoxy) is 2. The molecule has 1 aliphatic heterocycles. The van der Waals surface area contributed by atoms with Crippen LogP contribution in [0.4, 0.5) is 5.00 Å². The Morgan fingerprint density at radius 1 is 1.09 bits per heavy atom. The number of nitrogens with one attached hydrogen (secondary N) is 1. The number of nitrogens with zero attached hydrogens (tertiary/aromatic N) is 1. The Hall–Kier alpha value is -3.00. The largest absolute Gasteiger partial charge is 0.380 e. The monoisotopic (exact) mass is 450 g/mol. The quantitative estimate of drug-likeness (QED) is 0.596. The summed E-state index contributed by atoms with van der Waals surface area (Å²) in [5, 5.41) is 3.58. The molecule has 1 aromatic heterocycles. The number of morpholine rings is 1. The van der Waals surface area contributed by atoms with Crippen LogP contribution in [0, 0.1) is 6.92 Å². The van der Waals surface area contributed by atoms with Gasteiger partial charge >= 0.3 is 0 Å².